The van der Waals surface area contributed by atoms with Crippen molar-refractivity contribution in [3.8, 4) is 11.1 Å². The van der Waals surface area contributed by atoms with Crippen molar-refractivity contribution in [2.24, 2.45) is 11.8 Å². The molecule has 0 bridgehead atoms. The van der Waals surface area contributed by atoms with E-state index in [4.69, 9.17) is 0 Å². The van der Waals surface area contributed by atoms with E-state index in [0.29, 0.717) is 30.2 Å². The molecule has 0 aromatic heterocycles. The van der Waals surface area contributed by atoms with Crippen LogP contribution in [0.3, 0.4) is 0 Å². The molecule has 176 valence electrons. The number of rotatable bonds is 7. The Morgan fingerprint density at radius 3 is 1.69 bits per heavy atom. The lowest BCUT2D eigenvalue weighted by molar-refractivity contribution is -0.142. The number of hydrogen-bond donors (Lipinski definition) is 0. The second kappa shape index (κ2) is 10.2. The summed E-state index contributed by atoms with van der Waals surface area (Å²) in [6.07, 6.45) is 1.30. The molecule has 0 atom stereocenters. The van der Waals surface area contributed by atoms with Gasteiger partial charge in [-0.15, -0.1) is 0 Å². The minimum atomic E-state index is -5.26. The second-order valence-corrected chi connectivity index (χ2v) is 8.50. The van der Waals surface area contributed by atoms with Gasteiger partial charge in [-0.1, -0.05) is 25.7 Å². The van der Waals surface area contributed by atoms with E-state index in [-0.39, 0.29) is 18.8 Å². The molecule has 0 nitrogen and oxygen atoms in total. The highest BCUT2D eigenvalue weighted by atomic mass is 19.4. The van der Waals surface area contributed by atoms with Crippen molar-refractivity contribution in [2.45, 2.75) is 57.5 Å². The van der Waals surface area contributed by atoms with E-state index < -0.39 is 46.1 Å². The van der Waals surface area contributed by atoms with Crippen LogP contribution in [0.4, 0.5) is 35.1 Å². The Kier molecular flexibility index (Phi) is 7.83. The number of halogens is 8. The Morgan fingerprint density at radius 2 is 1.22 bits per heavy atom. The summed E-state index contributed by atoms with van der Waals surface area (Å²) < 4.78 is 107. The Labute approximate surface area is 181 Å². The van der Waals surface area contributed by atoms with E-state index in [1.54, 1.807) is 0 Å². The molecule has 0 amide bonds. The fourth-order valence-electron chi connectivity index (χ4n) is 4.58. The van der Waals surface area contributed by atoms with Crippen LogP contribution in [-0.2, 0) is 12.6 Å². The van der Waals surface area contributed by atoms with Gasteiger partial charge in [0.2, 0.25) is 0 Å². The van der Waals surface area contributed by atoms with Crippen molar-refractivity contribution in [3.63, 3.8) is 0 Å². The fourth-order valence-corrected chi connectivity index (χ4v) is 4.58. The normalized spacial score (nSPS) is 19.4. The molecule has 0 spiro atoms. The van der Waals surface area contributed by atoms with Gasteiger partial charge in [0.25, 0.3) is 0 Å². The molecule has 0 unspecified atom stereocenters. The zero-order chi connectivity index (χ0) is 23.5. The predicted octanol–water partition coefficient (Wildman–Crippen LogP) is 8.42. The smallest absolute Gasteiger partial charge is 0.251 e. The third-order valence-electron chi connectivity index (χ3n) is 6.27. The first-order valence-corrected chi connectivity index (χ1v) is 10.7. The average molecular weight is 464 g/mol. The van der Waals surface area contributed by atoms with Gasteiger partial charge in [0, 0.05) is 0 Å². The Bertz CT molecular complexity index is 880. The largest absolute Gasteiger partial charge is 0.422 e. The summed E-state index contributed by atoms with van der Waals surface area (Å²) in [7, 11) is 0. The van der Waals surface area contributed by atoms with E-state index in [1.807, 2.05) is 0 Å². The van der Waals surface area contributed by atoms with Crippen LogP contribution in [0, 0.1) is 35.1 Å². The standard InChI is InChI=1S/C24H24F8/c25-9-1-2-14-3-5-15(6-4-14)7-8-16-10-18(26)22(19(27)11-16)17-12-20(28)23(21(29)13-17)24(30,31)32/h10-15H,1-9H2. The van der Waals surface area contributed by atoms with Crippen molar-refractivity contribution in [1.29, 1.82) is 0 Å². The SMILES string of the molecule is FCCCC1CCC(CCc2cc(F)c(-c3cc(F)c(C(F)(F)F)c(F)c3)c(F)c2)CC1. The van der Waals surface area contributed by atoms with Crippen LogP contribution in [0.15, 0.2) is 24.3 Å². The Morgan fingerprint density at radius 1 is 0.719 bits per heavy atom. The molecule has 1 saturated carbocycles. The molecule has 8 heteroatoms. The molecule has 1 aliphatic carbocycles. The summed E-state index contributed by atoms with van der Waals surface area (Å²) >= 11 is 0. The second-order valence-electron chi connectivity index (χ2n) is 8.50. The van der Waals surface area contributed by atoms with Gasteiger partial charge in [-0.3, -0.25) is 4.39 Å². The van der Waals surface area contributed by atoms with Crippen molar-refractivity contribution in [2.75, 3.05) is 6.67 Å². The van der Waals surface area contributed by atoms with Crippen LogP contribution in [0.5, 0.6) is 0 Å². The van der Waals surface area contributed by atoms with Gasteiger partial charge in [-0.25, -0.2) is 17.6 Å². The fraction of sp³-hybridized carbons (Fsp3) is 0.500. The molecule has 0 N–H and O–H groups in total. The predicted molar refractivity (Wildman–Crippen MR) is 106 cm³/mol. The number of alkyl halides is 4. The maximum atomic E-state index is 14.6. The zero-order valence-corrected chi connectivity index (χ0v) is 17.4. The summed E-state index contributed by atoms with van der Waals surface area (Å²) in [5, 5.41) is 0. The molecule has 32 heavy (non-hydrogen) atoms. The first-order valence-electron chi connectivity index (χ1n) is 10.7. The summed E-state index contributed by atoms with van der Waals surface area (Å²) in [6.45, 7) is -0.307. The molecule has 2 aromatic carbocycles. The third-order valence-corrected chi connectivity index (χ3v) is 6.27. The number of benzene rings is 2. The van der Waals surface area contributed by atoms with Gasteiger partial charge in [-0.2, -0.15) is 13.2 Å². The van der Waals surface area contributed by atoms with Crippen LogP contribution < -0.4 is 0 Å². The molecule has 0 heterocycles. The summed E-state index contributed by atoms with van der Waals surface area (Å²) in [4.78, 5) is 0. The lowest BCUT2D eigenvalue weighted by atomic mass is 9.78. The van der Waals surface area contributed by atoms with Gasteiger partial charge < -0.3 is 0 Å². The van der Waals surface area contributed by atoms with Crippen LogP contribution in [0.25, 0.3) is 11.1 Å². The van der Waals surface area contributed by atoms with Gasteiger partial charge in [0.15, 0.2) is 0 Å². The van der Waals surface area contributed by atoms with Crippen LogP contribution in [0.1, 0.15) is 56.1 Å². The van der Waals surface area contributed by atoms with E-state index >= 15 is 0 Å². The third kappa shape index (κ3) is 5.81. The van der Waals surface area contributed by atoms with E-state index in [0.717, 1.165) is 50.7 Å². The van der Waals surface area contributed by atoms with Crippen molar-refractivity contribution < 1.29 is 35.1 Å². The Balaban J connectivity index is 1.70. The maximum absolute atomic E-state index is 14.6. The average Bonchev–Trinajstić information content (AvgIpc) is 2.69. The topological polar surface area (TPSA) is 0 Å². The molecule has 3 rings (SSSR count). The van der Waals surface area contributed by atoms with Gasteiger partial charge in [0.1, 0.15) is 28.8 Å². The highest BCUT2D eigenvalue weighted by Gasteiger charge is 2.38. The zero-order valence-electron chi connectivity index (χ0n) is 17.4. The number of aryl methyl sites for hydroxylation is 1. The number of hydrogen-bond acceptors (Lipinski definition) is 0. The van der Waals surface area contributed by atoms with E-state index in [9.17, 15) is 35.1 Å². The van der Waals surface area contributed by atoms with Crippen molar-refractivity contribution >= 4 is 0 Å². The minimum Gasteiger partial charge on any atom is -0.251 e. The molecule has 0 aliphatic heterocycles. The summed E-state index contributed by atoms with van der Waals surface area (Å²) in [6, 6.07) is 2.68. The van der Waals surface area contributed by atoms with Gasteiger partial charge in [0.05, 0.1) is 12.2 Å². The molecule has 1 aliphatic rings. The van der Waals surface area contributed by atoms with Crippen LogP contribution in [-0.4, -0.2) is 6.67 Å². The summed E-state index contributed by atoms with van der Waals surface area (Å²) in [5.74, 6) is -5.11. The van der Waals surface area contributed by atoms with Gasteiger partial charge >= 0.3 is 6.18 Å². The first-order chi connectivity index (χ1) is 15.1. The maximum Gasteiger partial charge on any atom is 0.422 e. The minimum absolute atomic E-state index is 0.286. The Hall–Kier alpha value is -2.12. The van der Waals surface area contributed by atoms with Gasteiger partial charge in [-0.05, 0) is 72.9 Å². The van der Waals surface area contributed by atoms with Crippen LogP contribution >= 0.6 is 0 Å². The molecule has 2 aromatic rings. The monoisotopic (exact) mass is 464 g/mol. The van der Waals surface area contributed by atoms with Crippen molar-refractivity contribution in [3.05, 3.63) is 58.7 Å². The molecule has 1 fully saturated rings. The first kappa shape index (κ1) is 24.5. The van der Waals surface area contributed by atoms with E-state index in [1.165, 1.54) is 0 Å². The van der Waals surface area contributed by atoms with Crippen LogP contribution in [0.2, 0.25) is 0 Å². The summed E-state index contributed by atoms with van der Waals surface area (Å²) in [5.41, 5.74) is -3.14. The quantitative estimate of drug-likeness (QED) is 0.361. The molecule has 0 saturated heterocycles. The van der Waals surface area contributed by atoms with Crippen molar-refractivity contribution in [1.82, 2.24) is 0 Å². The lowest BCUT2D eigenvalue weighted by Gasteiger charge is -2.28. The molecular weight excluding hydrogens is 440 g/mol. The molecule has 0 radical (unpaired) electrons. The molecular formula is C24H24F8. The highest BCUT2D eigenvalue weighted by molar-refractivity contribution is 5.66. The highest BCUT2D eigenvalue weighted by Crippen LogP contribution is 2.38. The van der Waals surface area contributed by atoms with E-state index in [2.05, 4.69) is 0 Å². The lowest BCUT2D eigenvalue weighted by Crippen LogP contribution is -2.15.